The molecule has 3 fully saturated rings. The Morgan fingerprint density at radius 2 is 2.07 bits per heavy atom. The number of aromatic nitrogens is 3. The van der Waals surface area contributed by atoms with Crippen LogP contribution in [-0.4, -0.2) is 57.8 Å². The topological polar surface area (TPSA) is 96.1 Å². The molecule has 0 aromatic carbocycles. The minimum absolute atomic E-state index is 0.129. The third-order valence-corrected chi connectivity index (χ3v) is 7.50. The molecular weight excluding hydrogens is 400 g/mol. The minimum Gasteiger partial charge on any atom is -0.376 e. The highest BCUT2D eigenvalue weighted by Gasteiger charge is 2.43. The summed E-state index contributed by atoms with van der Waals surface area (Å²) in [6.07, 6.45) is 6.63. The van der Waals surface area contributed by atoms with Crippen LogP contribution in [0.25, 0.3) is 0 Å². The smallest absolute Gasteiger partial charge is 0.231 e. The molecule has 1 aliphatic carbocycles. The zero-order valence-electron chi connectivity index (χ0n) is 18.0. The van der Waals surface area contributed by atoms with Crippen LogP contribution in [0.3, 0.4) is 0 Å². The number of piperidine rings is 1. The Bertz CT molecular complexity index is 790. The number of nitriles is 1. The van der Waals surface area contributed by atoms with E-state index in [4.69, 9.17) is 4.74 Å². The quantitative estimate of drug-likeness (QED) is 0.631. The molecule has 1 N–H and O–H groups in total. The minimum atomic E-state index is -0.765. The molecule has 2 saturated heterocycles. The van der Waals surface area contributed by atoms with E-state index in [0.29, 0.717) is 0 Å². The van der Waals surface area contributed by atoms with Gasteiger partial charge >= 0.3 is 0 Å². The van der Waals surface area contributed by atoms with Crippen molar-refractivity contribution in [3.05, 3.63) is 0 Å². The number of hydrogen-bond acceptors (Lipinski definition) is 7. The SMILES string of the molecule is CC1CCN(c2nnc(SCC(=O)N[C@](C)(C#N)C3CC3)n2C[C@H]2CCCO2)CC1. The van der Waals surface area contributed by atoms with Gasteiger partial charge < -0.3 is 15.0 Å². The molecule has 9 heteroatoms. The number of nitrogens with zero attached hydrogens (tertiary/aromatic N) is 5. The van der Waals surface area contributed by atoms with E-state index in [1.165, 1.54) is 11.8 Å². The maximum atomic E-state index is 12.5. The molecule has 2 atom stereocenters. The maximum Gasteiger partial charge on any atom is 0.231 e. The van der Waals surface area contributed by atoms with Crippen molar-refractivity contribution >= 4 is 23.6 Å². The van der Waals surface area contributed by atoms with Gasteiger partial charge in [0, 0.05) is 19.7 Å². The Morgan fingerprint density at radius 3 is 2.70 bits per heavy atom. The fraction of sp³-hybridized carbons (Fsp3) is 0.810. The van der Waals surface area contributed by atoms with Gasteiger partial charge in [-0.2, -0.15) is 5.26 Å². The van der Waals surface area contributed by atoms with Crippen LogP contribution in [0.5, 0.6) is 0 Å². The van der Waals surface area contributed by atoms with Crippen LogP contribution in [0, 0.1) is 23.2 Å². The molecule has 30 heavy (non-hydrogen) atoms. The average molecular weight is 433 g/mol. The molecule has 0 radical (unpaired) electrons. The molecule has 4 rings (SSSR count). The third kappa shape index (κ3) is 4.92. The predicted molar refractivity (Wildman–Crippen MR) is 115 cm³/mol. The van der Waals surface area contributed by atoms with Gasteiger partial charge in [-0.05, 0) is 57.3 Å². The molecule has 1 amide bonds. The lowest BCUT2D eigenvalue weighted by atomic mass is 9.98. The Balaban J connectivity index is 1.43. The number of nitrogens with one attached hydrogen (secondary N) is 1. The van der Waals surface area contributed by atoms with Gasteiger partial charge in [0.1, 0.15) is 5.54 Å². The van der Waals surface area contributed by atoms with E-state index in [-0.39, 0.29) is 23.7 Å². The lowest BCUT2D eigenvalue weighted by molar-refractivity contribution is -0.119. The molecule has 1 aromatic rings. The van der Waals surface area contributed by atoms with Crippen LogP contribution in [0.15, 0.2) is 5.16 Å². The van der Waals surface area contributed by atoms with Crippen LogP contribution < -0.4 is 10.2 Å². The molecule has 0 spiro atoms. The number of carbonyl (C=O) groups is 1. The van der Waals surface area contributed by atoms with Gasteiger partial charge in [0.25, 0.3) is 0 Å². The maximum absolute atomic E-state index is 12.5. The number of anilines is 1. The zero-order chi connectivity index (χ0) is 21.1. The number of carbonyl (C=O) groups excluding carboxylic acids is 1. The fourth-order valence-electron chi connectivity index (χ4n) is 4.32. The molecule has 3 aliphatic rings. The van der Waals surface area contributed by atoms with E-state index in [0.717, 1.165) is 81.8 Å². The molecule has 3 heterocycles. The van der Waals surface area contributed by atoms with Crippen LogP contribution >= 0.6 is 11.8 Å². The lowest BCUT2D eigenvalue weighted by Crippen LogP contribution is -2.47. The van der Waals surface area contributed by atoms with Gasteiger partial charge in [-0.1, -0.05) is 18.7 Å². The number of amides is 1. The predicted octanol–water partition coefficient (Wildman–Crippen LogP) is 2.59. The summed E-state index contributed by atoms with van der Waals surface area (Å²) in [7, 11) is 0. The van der Waals surface area contributed by atoms with E-state index < -0.39 is 5.54 Å². The molecule has 1 saturated carbocycles. The van der Waals surface area contributed by atoms with E-state index in [9.17, 15) is 10.1 Å². The van der Waals surface area contributed by atoms with Crippen LogP contribution in [-0.2, 0) is 16.1 Å². The van der Waals surface area contributed by atoms with E-state index >= 15 is 0 Å². The fourth-order valence-corrected chi connectivity index (χ4v) is 5.06. The van der Waals surface area contributed by atoms with E-state index in [2.05, 4.69) is 38.0 Å². The van der Waals surface area contributed by atoms with Crippen molar-refractivity contribution in [2.75, 3.05) is 30.3 Å². The molecule has 0 unspecified atom stereocenters. The van der Waals surface area contributed by atoms with Crippen molar-refractivity contribution < 1.29 is 9.53 Å². The van der Waals surface area contributed by atoms with Gasteiger partial charge in [0.05, 0.1) is 24.5 Å². The Hall–Kier alpha value is -1.79. The van der Waals surface area contributed by atoms with Crippen molar-refractivity contribution in [2.24, 2.45) is 11.8 Å². The molecule has 164 valence electrons. The number of rotatable bonds is 8. The van der Waals surface area contributed by atoms with Gasteiger partial charge in [0.2, 0.25) is 11.9 Å². The summed E-state index contributed by atoms with van der Waals surface area (Å²) in [6.45, 7) is 7.61. The standard InChI is InChI=1S/C21H32N6O2S/c1-15-7-9-26(10-8-15)19-24-25-20(27(19)12-17-4-3-11-29-17)30-13-18(28)23-21(2,14-22)16-5-6-16/h15-17H,3-13H2,1-2H3,(H,23,28)/t17-,21-/m1/s1. The second-order valence-corrected chi connectivity index (χ2v) is 10.1. The third-order valence-electron chi connectivity index (χ3n) is 6.53. The highest BCUT2D eigenvalue weighted by atomic mass is 32.2. The summed E-state index contributed by atoms with van der Waals surface area (Å²) in [5.74, 6) is 2.00. The second-order valence-electron chi connectivity index (χ2n) is 9.12. The van der Waals surface area contributed by atoms with Crippen molar-refractivity contribution in [1.82, 2.24) is 20.1 Å². The van der Waals surface area contributed by atoms with Gasteiger partial charge in [-0.25, -0.2) is 0 Å². The summed E-state index contributed by atoms with van der Waals surface area (Å²) in [5, 5.41) is 22.1. The zero-order valence-corrected chi connectivity index (χ0v) is 18.8. The Labute approximate surface area is 182 Å². The van der Waals surface area contributed by atoms with Crippen LogP contribution in [0.2, 0.25) is 0 Å². The summed E-state index contributed by atoms with van der Waals surface area (Å²) >= 11 is 1.39. The molecular formula is C21H32N6O2S. The lowest BCUT2D eigenvalue weighted by Gasteiger charge is -2.31. The first kappa shape index (κ1) is 21.4. The largest absolute Gasteiger partial charge is 0.376 e. The molecule has 8 nitrogen and oxygen atoms in total. The van der Waals surface area contributed by atoms with Crippen molar-refractivity contribution in [3.63, 3.8) is 0 Å². The van der Waals surface area contributed by atoms with Crippen molar-refractivity contribution in [2.45, 2.75) is 75.7 Å². The normalized spacial score (nSPS) is 24.4. The first-order valence-electron chi connectivity index (χ1n) is 11.1. The van der Waals surface area contributed by atoms with Crippen molar-refractivity contribution in [1.29, 1.82) is 5.26 Å². The second kappa shape index (κ2) is 9.15. The number of ether oxygens (including phenoxy) is 1. The summed E-state index contributed by atoms with van der Waals surface area (Å²) < 4.78 is 7.99. The molecule has 2 aliphatic heterocycles. The average Bonchev–Trinajstić information content (AvgIpc) is 3.35. The highest BCUT2D eigenvalue weighted by molar-refractivity contribution is 7.99. The summed E-state index contributed by atoms with van der Waals surface area (Å²) in [5.41, 5.74) is -0.765. The highest BCUT2D eigenvalue weighted by Crippen LogP contribution is 2.39. The molecule has 1 aromatic heterocycles. The Morgan fingerprint density at radius 1 is 1.30 bits per heavy atom. The summed E-state index contributed by atoms with van der Waals surface area (Å²) in [4.78, 5) is 14.9. The van der Waals surface area contributed by atoms with Gasteiger partial charge in [0.15, 0.2) is 5.16 Å². The molecule has 0 bridgehead atoms. The first-order valence-corrected chi connectivity index (χ1v) is 12.1. The monoisotopic (exact) mass is 432 g/mol. The van der Waals surface area contributed by atoms with Crippen LogP contribution in [0.4, 0.5) is 5.95 Å². The first-order chi connectivity index (χ1) is 14.5. The Kier molecular flexibility index (Phi) is 6.54. The van der Waals surface area contributed by atoms with Gasteiger partial charge in [-0.15, -0.1) is 10.2 Å². The van der Waals surface area contributed by atoms with Gasteiger partial charge in [-0.3, -0.25) is 9.36 Å². The van der Waals surface area contributed by atoms with Crippen LogP contribution in [0.1, 0.15) is 52.4 Å². The van der Waals surface area contributed by atoms with E-state index in [1.54, 1.807) is 0 Å². The number of hydrogen-bond donors (Lipinski definition) is 1. The van der Waals surface area contributed by atoms with Crippen molar-refractivity contribution in [3.8, 4) is 6.07 Å². The number of thioether (sulfide) groups is 1. The summed E-state index contributed by atoms with van der Waals surface area (Å²) in [6, 6.07) is 2.28. The van der Waals surface area contributed by atoms with E-state index in [1.807, 2.05) is 6.92 Å².